The van der Waals surface area contributed by atoms with Crippen LogP contribution < -0.4 is 5.32 Å². The van der Waals surface area contributed by atoms with Crippen molar-refractivity contribution in [2.24, 2.45) is 0 Å². The number of aryl methyl sites for hydroxylation is 1. The Morgan fingerprint density at radius 2 is 2.14 bits per heavy atom. The molecule has 112 valence electrons. The van der Waals surface area contributed by atoms with Crippen molar-refractivity contribution >= 4 is 11.6 Å². The molecule has 1 atom stereocenters. The number of carbonyl (C=O) groups excluding carboxylic acids is 1. The van der Waals surface area contributed by atoms with Crippen LogP contribution >= 0.6 is 0 Å². The molecule has 4 nitrogen and oxygen atoms in total. The quantitative estimate of drug-likeness (QED) is 0.911. The molecule has 0 aromatic heterocycles. The topological polar surface area (TPSA) is 73.1 Å². The van der Waals surface area contributed by atoms with Crippen molar-refractivity contribution < 1.29 is 14.3 Å². The predicted octanol–water partition coefficient (Wildman–Crippen LogP) is 3.07. The number of anilines is 1. The van der Waals surface area contributed by atoms with E-state index in [9.17, 15) is 14.3 Å². The average Bonchev–Trinajstić information content (AvgIpc) is 2.49. The van der Waals surface area contributed by atoms with Gasteiger partial charge in [-0.3, -0.25) is 4.79 Å². The summed E-state index contributed by atoms with van der Waals surface area (Å²) in [5, 5.41) is 21.5. The van der Waals surface area contributed by atoms with Gasteiger partial charge in [-0.05, 0) is 42.3 Å². The summed E-state index contributed by atoms with van der Waals surface area (Å²) in [6.45, 7) is 1.81. The fraction of sp³-hybridized carbons (Fsp3) is 0.176. The maximum atomic E-state index is 13.1. The Bertz CT molecular complexity index is 738. The Balaban J connectivity index is 2.06. The molecule has 2 aromatic rings. The number of hydrogen-bond donors (Lipinski definition) is 2. The molecular weight excluding hydrogens is 283 g/mol. The number of nitrogens with zero attached hydrogens (tertiary/aromatic N) is 1. The fourth-order valence-corrected chi connectivity index (χ4v) is 2.03. The largest absolute Gasteiger partial charge is 0.388 e. The second-order valence-electron chi connectivity index (χ2n) is 4.96. The lowest BCUT2D eigenvalue weighted by Gasteiger charge is -2.13. The molecule has 2 N–H and O–H groups in total. The maximum absolute atomic E-state index is 13.1. The molecule has 0 heterocycles. The summed E-state index contributed by atoms with van der Waals surface area (Å²) >= 11 is 0. The van der Waals surface area contributed by atoms with E-state index < -0.39 is 17.8 Å². The molecule has 1 amide bonds. The molecule has 0 saturated heterocycles. The van der Waals surface area contributed by atoms with Crippen LogP contribution in [0.1, 0.15) is 29.2 Å². The first-order valence-corrected chi connectivity index (χ1v) is 6.73. The van der Waals surface area contributed by atoms with Gasteiger partial charge in [0.05, 0.1) is 24.2 Å². The van der Waals surface area contributed by atoms with Crippen LogP contribution in [0.15, 0.2) is 42.5 Å². The van der Waals surface area contributed by atoms with Gasteiger partial charge >= 0.3 is 0 Å². The second-order valence-corrected chi connectivity index (χ2v) is 4.96. The van der Waals surface area contributed by atoms with Gasteiger partial charge in [0.25, 0.3) is 0 Å². The Morgan fingerprint density at radius 3 is 2.82 bits per heavy atom. The summed E-state index contributed by atoms with van der Waals surface area (Å²) in [6.07, 6.45) is -1.28. The number of aliphatic hydroxyl groups excluding tert-OH is 1. The van der Waals surface area contributed by atoms with Crippen molar-refractivity contribution in [3.63, 3.8) is 0 Å². The summed E-state index contributed by atoms with van der Waals surface area (Å²) < 4.78 is 13.1. The number of nitrogens with one attached hydrogen (secondary N) is 1. The molecule has 0 fully saturated rings. The van der Waals surface area contributed by atoms with E-state index in [1.54, 1.807) is 31.2 Å². The summed E-state index contributed by atoms with van der Waals surface area (Å²) in [6, 6.07) is 12.5. The van der Waals surface area contributed by atoms with Crippen LogP contribution in [0.5, 0.6) is 0 Å². The molecular formula is C17H15FN2O2. The number of aliphatic hydroxyl groups is 1. The molecule has 2 rings (SSSR count). The number of amides is 1. The first-order valence-electron chi connectivity index (χ1n) is 6.73. The Labute approximate surface area is 127 Å². The van der Waals surface area contributed by atoms with Gasteiger partial charge in [-0.15, -0.1) is 0 Å². The van der Waals surface area contributed by atoms with E-state index in [2.05, 4.69) is 5.32 Å². The van der Waals surface area contributed by atoms with E-state index in [0.29, 0.717) is 16.8 Å². The summed E-state index contributed by atoms with van der Waals surface area (Å²) in [5.41, 5.74) is 2.12. The van der Waals surface area contributed by atoms with E-state index >= 15 is 0 Å². The number of nitriles is 1. The summed E-state index contributed by atoms with van der Waals surface area (Å²) in [7, 11) is 0. The predicted molar refractivity (Wildman–Crippen MR) is 80.5 cm³/mol. The van der Waals surface area contributed by atoms with Gasteiger partial charge in [-0.25, -0.2) is 4.39 Å². The van der Waals surface area contributed by atoms with Crippen LogP contribution in [0.2, 0.25) is 0 Å². The van der Waals surface area contributed by atoms with E-state index in [0.717, 1.165) is 5.56 Å². The number of rotatable bonds is 4. The minimum atomic E-state index is -1.09. The van der Waals surface area contributed by atoms with Gasteiger partial charge < -0.3 is 10.4 Å². The third kappa shape index (κ3) is 3.90. The molecule has 0 radical (unpaired) electrons. The highest BCUT2D eigenvalue weighted by Crippen LogP contribution is 2.20. The third-order valence-electron chi connectivity index (χ3n) is 3.25. The Hall–Kier alpha value is -2.71. The standard InChI is InChI=1S/C17H15FN2O2/c1-11-5-6-12(10-19)7-15(11)20-17(22)9-16(21)13-3-2-4-14(18)8-13/h2-8,16,21H,9H2,1H3,(H,20,22). The van der Waals surface area contributed by atoms with Crippen LogP contribution in [0.25, 0.3) is 0 Å². The lowest BCUT2D eigenvalue weighted by Crippen LogP contribution is -2.16. The van der Waals surface area contributed by atoms with Gasteiger partial charge in [-0.1, -0.05) is 18.2 Å². The van der Waals surface area contributed by atoms with E-state index in [4.69, 9.17) is 5.26 Å². The van der Waals surface area contributed by atoms with Crippen molar-refractivity contribution in [3.05, 3.63) is 65.0 Å². The number of hydrogen-bond acceptors (Lipinski definition) is 3. The molecule has 0 aliphatic rings. The lowest BCUT2D eigenvalue weighted by atomic mass is 10.1. The Kier molecular flexibility index (Phi) is 4.87. The normalized spacial score (nSPS) is 11.5. The van der Waals surface area contributed by atoms with Crippen molar-refractivity contribution in [1.82, 2.24) is 0 Å². The van der Waals surface area contributed by atoms with Crippen LogP contribution in [0.4, 0.5) is 10.1 Å². The zero-order valence-corrected chi connectivity index (χ0v) is 12.0. The minimum absolute atomic E-state index is 0.195. The summed E-state index contributed by atoms with van der Waals surface area (Å²) in [5.74, 6) is -0.871. The fourth-order valence-electron chi connectivity index (χ4n) is 2.03. The monoisotopic (exact) mass is 298 g/mol. The van der Waals surface area contributed by atoms with Crippen LogP contribution in [0.3, 0.4) is 0 Å². The van der Waals surface area contributed by atoms with Gasteiger partial charge in [0.2, 0.25) is 5.91 Å². The second kappa shape index (κ2) is 6.83. The zero-order valence-electron chi connectivity index (χ0n) is 12.0. The SMILES string of the molecule is Cc1ccc(C#N)cc1NC(=O)CC(O)c1cccc(F)c1. The third-order valence-corrected chi connectivity index (χ3v) is 3.25. The molecule has 0 bridgehead atoms. The van der Waals surface area contributed by atoms with Gasteiger partial charge in [0.15, 0.2) is 0 Å². The van der Waals surface area contributed by atoms with E-state index in [-0.39, 0.29) is 6.42 Å². The van der Waals surface area contributed by atoms with Gasteiger partial charge in [0, 0.05) is 5.69 Å². The zero-order chi connectivity index (χ0) is 16.1. The average molecular weight is 298 g/mol. The van der Waals surface area contributed by atoms with E-state index in [1.165, 1.54) is 18.2 Å². The highest BCUT2D eigenvalue weighted by atomic mass is 19.1. The first kappa shape index (κ1) is 15.7. The lowest BCUT2D eigenvalue weighted by molar-refractivity contribution is -0.118. The van der Waals surface area contributed by atoms with E-state index in [1.807, 2.05) is 6.07 Å². The molecule has 5 heteroatoms. The number of benzene rings is 2. The van der Waals surface area contributed by atoms with Crippen molar-refractivity contribution in [1.29, 1.82) is 5.26 Å². The highest BCUT2D eigenvalue weighted by molar-refractivity contribution is 5.92. The summed E-state index contributed by atoms with van der Waals surface area (Å²) in [4.78, 5) is 12.0. The highest BCUT2D eigenvalue weighted by Gasteiger charge is 2.14. The molecule has 22 heavy (non-hydrogen) atoms. The van der Waals surface area contributed by atoms with Crippen LogP contribution in [-0.2, 0) is 4.79 Å². The van der Waals surface area contributed by atoms with Crippen molar-refractivity contribution in [2.75, 3.05) is 5.32 Å². The minimum Gasteiger partial charge on any atom is -0.388 e. The smallest absolute Gasteiger partial charge is 0.227 e. The van der Waals surface area contributed by atoms with Crippen LogP contribution in [0, 0.1) is 24.1 Å². The molecule has 0 spiro atoms. The van der Waals surface area contributed by atoms with Gasteiger partial charge in [0.1, 0.15) is 5.82 Å². The maximum Gasteiger partial charge on any atom is 0.227 e. The van der Waals surface area contributed by atoms with Crippen LogP contribution in [-0.4, -0.2) is 11.0 Å². The first-order chi connectivity index (χ1) is 10.5. The molecule has 1 unspecified atom stereocenters. The molecule has 0 saturated carbocycles. The van der Waals surface area contributed by atoms with Crippen molar-refractivity contribution in [2.45, 2.75) is 19.4 Å². The number of halogens is 1. The Morgan fingerprint density at radius 1 is 1.36 bits per heavy atom. The molecule has 0 aliphatic heterocycles. The van der Waals surface area contributed by atoms with Crippen molar-refractivity contribution in [3.8, 4) is 6.07 Å². The number of carbonyl (C=O) groups is 1. The van der Waals surface area contributed by atoms with Gasteiger partial charge in [-0.2, -0.15) is 5.26 Å². The molecule has 0 aliphatic carbocycles. The molecule has 2 aromatic carbocycles.